The van der Waals surface area contributed by atoms with E-state index in [9.17, 15) is 29.4 Å². The number of nitrogens with zero attached hydrogens (tertiary/aromatic N) is 1. The van der Waals surface area contributed by atoms with Crippen molar-refractivity contribution >= 4 is 35.5 Å². The lowest BCUT2D eigenvalue weighted by Crippen LogP contribution is -2.71. The number of phenols is 1. The van der Waals surface area contributed by atoms with Crippen LogP contribution >= 0.6 is 11.8 Å². The van der Waals surface area contributed by atoms with Gasteiger partial charge in [0.25, 0.3) is 0 Å². The molecule has 1 aromatic carbocycles. The molecule has 33 heavy (non-hydrogen) atoms. The number of hydrogen-bond donors (Lipinski definition) is 5. The van der Waals surface area contributed by atoms with Crippen molar-refractivity contribution in [2.45, 2.75) is 67.4 Å². The number of piperidine rings is 1. The fourth-order valence-electron chi connectivity index (χ4n) is 4.67. The van der Waals surface area contributed by atoms with Crippen LogP contribution < -0.4 is 16.0 Å². The Morgan fingerprint density at radius 1 is 1.21 bits per heavy atom. The second kappa shape index (κ2) is 8.86. The van der Waals surface area contributed by atoms with Gasteiger partial charge in [-0.1, -0.05) is 18.6 Å². The molecule has 0 radical (unpaired) electrons. The van der Waals surface area contributed by atoms with E-state index in [-0.39, 0.29) is 11.7 Å². The topological polar surface area (TPSA) is 148 Å². The highest BCUT2D eigenvalue weighted by Crippen LogP contribution is 2.50. The fraction of sp³-hybridized carbons (Fsp3) is 0.545. The number of nitrogens with one attached hydrogen (secondary N) is 3. The molecule has 10 nitrogen and oxygen atoms in total. The van der Waals surface area contributed by atoms with Crippen LogP contribution in [-0.2, 0) is 19.2 Å². The fourth-order valence-corrected chi connectivity index (χ4v) is 6.29. The predicted molar refractivity (Wildman–Crippen MR) is 120 cm³/mol. The van der Waals surface area contributed by atoms with Gasteiger partial charge < -0.3 is 31.1 Å². The van der Waals surface area contributed by atoms with Crippen molar-refractivity contribution < 1.29 is 29.4 Å². The van der Waals surface area contributed by atoms with Crippen molar-refractivity contribution in [3.8, 4) is 5.75 Å². The highest BCUT2D eigenvalue weighted by Gasteiger charge is 2.64. The zero-order valence-corrected chi connectivity index (χ0v) is 19.2. The molecule has 0 aliphatic carbocycles. The first-order valence-electron chi connectivity index (χ1n) is 11.0. The highest BCUT2D eigenvalue weighted by molar-refractivity contribution is 8.01. The molecule has 5 atom stereocenters. The molecule has 3 aliphatic heterocycles. The molecule has 3 heterocycles. The number of aromatic hydroxyl groups is 1. The van der Waals surface area contributed by atoms with Crippen molar-refractivity contribution in [2.24, 2.45) is 0 Å². The number of carbonyl (C=O) groups is 4. The summed E-state index contributed by atoms with van der Waals surface area (Å²) in [5.41, 5.74) is 0.459. The van der Waals surface area contributed by atoms with Gasteiger partial charge in [-0.05, 0) is 50.9 Å². The summed E-state index contributed by atoms with van der Waals surface area (Å²) in [4.78, 5) is 51.8. The third-order valence-electron chi connectivity index (χ3n) is 6.37. The third kappa shape index (κ3) is 4.39. The zero-order chi connectivity index (χ0) is 23.9. The van der Waals surface area contributed by atoms with Crippen LogP contribution in [0.4, 0.5) is 0 Å². The number of carboxylic acids is 1. The molecule has 3 saturated heterocycles. The van der Waals surface area contributed by atoms with Gasteiger partial charge >= 0.3 is 5.97 Å². The number of amides is 3. The van der Waals surface area contributed by atoms with Gasteiger partial charge in [-0.2, -0.15) is 0 Å². The molecule has 0 aromatic heterocycles. The maximum absolute atomic E-state index is 13.3. The van der Waals surface area contributed by atoms with Crippen LogP contribution in [0.3, 0.4) is 0 Å². The molecule has 0 spiro atoms. The average Bonchev–Trinajstić information content (AvgIpc) is 3.04. The highest BCUT2D eigenvalue weighted by atomic mass is 32.2. The summed E-state index contributed by atoms with van der Waals surface area (Å²) in [6.45, 7) is 4.25. The van der Waals surface area contributed by atoms with Crippen LogP contribution in [0.1, 0.15) is 44.7 Å². The molecule has 3 amide bonds. The minimum absolute atomic E-state index is 0.0206. The Balaban J connectivity index is 1.51. The van der Waals surface area contributed by atoms with E-state index in [4.69, 9.17) is 0 Å². The largest absolute Gasteiger partial charge is 0.508 e. The standard InChI is InChI=1S/C22H28N4O6S/c1-22(2)16(21(31)32)26-19(30)15(20(26)33-22)25-18(29)14(11-6-8-12(27)9-7-11)24-17(28)13-5-3-4-10-23-13/h6-9,13-16,20,23,27H,3-5,10H2,1-2H3,(H,24,28)(H,25,29)(H,31,32)/t13?,14?,15?,16-,20+/m0/s1. The molecular weight excluding hydrogens is 448 g/mol. The number of rotatable bonds is 6. The van der Waals surface area contributed by atoms with Crippen LogP contribution in [-0.4, -0.2) is 73.6 Å². The van der Waals surface area contributed by atoms with Gasteiger partial charge in [0.15, 0.2) is 0 Å². The van der Waals surface area contributed by atoms with Gasteiger partial charge in [-0.15, -0.1) is 11.8 Å². The quantitative estimate of drug-likeness (QED) is 0.369. The second-order valence-corrected chi connectivity index (χ2v) is 10.9. The molecule has 178 valence electrons. The monoisotopic (exact) mass is 476 g/mol. The Morgan fingerprint density at radius 2 is 1.91 bits per heavy atom. The van der Waals surface area contributed by atoms with Crippen molar-refractivity contribution in [2.75, 3.05) is 6.54 Å². The Hall–Kier alpha value is -2.79. The van der Waals surface area contributed by atoms with Gasteiger partial charge in [-0.25, -0.2) is 4.79 Å². The second-order valence-electron chi connectivity index (χ2n) is 9.12. The van der Waals surface area contributed by atoms with Crippen LogP contribution in [0, 0.1) is 0 Å². The third-order valence-corrected chi connectivity index (χ3v) is 7.95. The Bertz CT molecular complexity index is 962. The number of carboxylic acid groups (broad SMARTS) is 1. The zero-order valence-electron chi connectivity index (χ0n) is 18.4. The lowest BCUT2D eigenvalue weighted by atomic mass is 9.95. The molecule has 3 fully saturated rings. The smallest absolute Gasteiger partial charge is 0.327 e. The Labute approximate surface area is 195 Å². The normalized spacial score (nSPS) is 28.9. The Morgan fingerprint density at radius 3 is 2.52 bits per heavy atom. The van der Waals surface area contributed by atoms with Crippen LogP contribution in [0.25, 0.3) is 0 Å². The van der Waals surface area contributed by atoms with E-state index >= 15 is 0 Å². The van der Waals surface area contributed by atoms with E-state index in [0.29, 0.717) is 12.0 Å². The van der Waals surface area contributed by atoms with Crippen LogP contribution in [0.15, 0.2) is 24.3 Å². The molecule has 11 heteroatoms. The first kappa shape index (κ1) is 23.4. The number of aliphatic carboxylic acids is 1. The molecule has 3 aliphatic rings. The van der Waals surface area contributed by atoms with E-state index in [2.05, 4.69) is 16.0 Å². The number of benzene rings is 1. The van der Waals surface area contributed by atoms with Crippen LogP contribution in [0.2, 0.25) is 0 Å². The summed E-state index contributed by atoms with van der Waals surface area (Å²) in [5, 5.41) is 27.3. The van der Waals surface area contributed by atoms with Gasteiger partial charge in [0.2, 0.25) is 17.7 Å². The maximum Gasteiger partial charge on any atom is 0.327 e. The SMILES string of the molecule is CC1(C)S[C@@H]2C(NC(=O)C(NC(=O)C3CCCCN3)c3ccc(O)cc3)C(=O)N2[C@H]1C(=O)O. The van der Waals surface area contributed by atoms with E-state index in [1.807, 2.05) is 0 Å². The molecule has 0 bridgehead atoms. The molecular formula is C22H28N4O6S. The van der Waals surface area contributed by atoms with Crippen molar-refractivity contribution in [1.29, 1.82) is 0 Å². The number of phenolic OH excluding ortho intramolecular Hbond substituents is 1. The van der Waals surface area contributed by atoms with Gasteiger partial charge in [0.05, 0.1) is 6.04 Å². The molecule has 4 rings (SSSR count). The van der Waals surface area contributed by atoms with Crippen molar-refractivity contribution in [1.82, 2.24) is 20.9 Å². The molecule has 5 N–H and O–H groups in total. The average molecular weight is 477 g/mol. The number of β-lactam (4-membered cyclic amide) rings is 1. The first-order valence-corrected chi connectivity index (χ1v) is 11.8. The summed E-state index contributed by atoms with van der Waals surface area (Å²) in [6.07, 6.45) is 2.56. The van der Waals surface area contributed by atoms with Crippen molar-refractivity contribution in [3.63, 3.8) is 0 Å². The number of carbonyl (C=O) groups excluding carboxylic acids is 3. The van der Waals surface area contributed by atoms with Gasteiger partial charge in [-0.3, -0.25) is 14.4 Å². The predicted octanol–water partition coefficient (Wildman–Crippen LogP) is 0.323. The number of fused-ring (bicyclic) bond motifs is 1. The van der Waals surface area contributed by atoms with Gasteiger partial charge in [0, 0.05) is 4.75 Å². The summed E-state index contributed by atoms with van der Waals surface area (Å²) in [6, 6.07) is 2.59. The molecule has 3 unspecified atom stereocenters. The number of thioether (sulfide) groups is 1. The Kier molecular flexibility index (Phi) is 6.28. The summed E-state index contributed by atoms with van der Waals surface area (Å²) < 4.78 is -0.705. The summed E-state index contributed by atoms with van der Waals surface area (Å²) >= 11 is 1.33. The van der Waals surface area contributed by atoms with Gasteiger partial charge in [0.1, 0.15) is 29.2 Å². The van der Waals surface area contributed by atoms with E-state index in [1.54, 1.807) is 13.8 Å². The number of hydrogen-bond acceptors (Lipinski definition) is 7. The van der Waals surface area contributed by atoms with E-state index in [1.165, 1.54) is 40.9 Å². The lowest BCUT2D eigenvalue weighted by molar-refractivity contribution is -0.161. The van der Waals surface area contributed by atoms with Crippen LogP contribution in [0.5, 0.6) is 5.75 Å². The van der Waals surface area contributed by atoms with E-state index < -0.39 is 52.1 Å². The molecule has 0 saturated carbocycles. The van der Waals surface area contributed by atoms with E-state index in [0.717, 1.165) is 19.4 Å². The lowest BCUT2D eigenvalue weighted by Gasteiger charge is -2.44. The summed E-state index contributed by atoms with van der Waals surface area (Å²) in [5.74, 6) is -2.40. The summed E-state index contributed by atoms with van der Waals surface area (Å²) in [7, 11) is 0. The maximum atomic E-state index is 13.3. The first-order chi connectivity index (χ1) is 15.6. The molecule has 1 aromatic rings. The van der Waals surface area contributed by atoms with Crippen molar-refractivity contribution in [3.05, 3.63) is 29.8 Å². The minimum Gasteiger partial charge on any atom is -0.508 e. The minimum atomic E-state index is -1.08.